The number of primary amides is 1. The summed E-state index contributed by atoms with van der Waals surface area (Å²) in [5.41, 5.74) is 3.70. The van der Waals surface area contributed by atoms with E-state index in [1.807, 2.05) is 0 Å². The van der Waals surface area contributed by atoms with Crippen molar-refractivity contribution in [2.24, 2.45) is 5.73 Å². The number of hydrogen-bond acceptors (Lipinski definition) is 6. The Bertz CT molecular complexity index is 1480. The molecule has 7 nitrogen and oxygen atoms in total. The zero-order valence-corrected chi connectivity index (χ0v) is 20.5. The van der Waals surface area contributed by atoms with Crippen molar-refractivity contribution in [3.05, 3.63) is 69.2 Å². The molecule has 2 aromatic carbocycles. The molecule has 1 aromatic heterocycles. The van der Waals surface area contributed by atoms with E-state index in [4.69, 9.17) is 5.73 Å². The summed E-state index contributed by atoms with van der Waals surface area (Å²) in [4.78, 5) is 17.5. The quantitative estimate of drug-likeness (QED) is 0.427. The summed E-state index contributed by atoms with van der Waals surface area (Å²) in [6.45, 7) is 1.51. The van der Waals surface area contributed by atoms with Gasteiger partial charge in [-0.05, 0) is 48.9 Å². The number of nitrogens with two attached hydrogens (primary N) is 1. The molecule has 1 aliphatic rings. The molecule has 0 radical (unpaired) electrons. The van der Waals surface area contributed by atoms with E-state index in [1.165, 1.54) is 11.8 Å². The fourth-order valence-electron chi connectivity index (χ4n) is 3.86. The van der Waals surface area contributed by atoms with E-state index in [1.54, 1.807) is 0 Å². The number of rotatable bonds is 5. The number of carbonyl (C=O) groups is 1. The first kappa shape index (κ1) is 26.7. The highest BCUT2D eigenvalue weighted by atomic mass is 32.2. The maximum absolute atomic E-state index is 13.3. The van der Waals surface area contributed by atoms with Gasteiger partial charge in [-0.15, -0.1) is 0 Å². The van der Waals surface area contributed by atoms with Gasteiger partial charge < -0.3 is 10.6 Å². The van der Waals surface area contributed by atoms with Gasteiger partial charge in [0.1, 0.15) is 0 Å². The highest BCUT2D eigenvalue weighted by Gasteiger charge is 2.34. The van der Waals surface area contributed by atoms with Gasteiger partial charge in [0, 0.05) is 17.8 Å². The molecule has 198 valence electrons. The summed E-state index contributed by atoms with van der Waals surface area (Å²) >= 11 is 0.890. The second-order valence-corrected chi connectivity index (χ2v) is 11.1. The number of nitrogens with zero attached hydrogens (tertiary/aromatic N) is 2. The van der Waals surface area contributed by atoms with Gasteiger partial charge in [-0.2, -0.15) is 26.3 Å². The lowest BCUT2D eigenvalue weighted by Gasteiger charge is -2.30. The van der Waals surface area contributed by atoms with E-state index < -0.39 is 44.3 Å². The molecule has 0 bridgehead atoms. The first-order valence-electron chi connectivity index (χ1n) is 10.5. The lowest BCUT2D eigenvalue weighted by molar-refractivity contribution is -0.138. The van der Waals surface area contributed by atoms with Gasteiger partial charge in [-0.25, -0.2) is 13.4 Å². The van der Waals surface area contributed by atoms with Gasteiger partial charge in [0.25, 0.3) is 15.9 Å². The van der Waals surface area contributed by atoms with E-state index in [0.29, 0.717) is 16.6 Å². The Kier molecular flexibility index (Phi) is 6.65. The van der Waals surface area contributed by atoms with E-state index in [9.17, 15) is 39.6 Å². The summed E-state index contributed by atoms with van der Waals surface area (Å²) in [6, 6.07) is 5.01. The molecule has 2 heterocycles. The molecular weight excluding hydrogens is 546 g/mol. The number of aryl methyl sites for hydroxylation is 1. The largest absolute Gasteiger partial charge is 0.416 e. The SMILES string of the molecule is Cc1cc(C(F)(F)F)cc(S(=O)(=O)Nc2nc3c(s2)CN(c2cc(C(F)(F)F)ccc2C(N)=O)CC3)c1. The normalized spacial score (nSPS) is 14.4. The van der Waals surface area contributed by atoms with E-state index in [2.05, 4.69) is 9.71 Å². The molecule has 0 fully saturated rings. The maximum Gasteiger partial charge on any atom is 0.416 e. The van der Waals surface area contributed by atoms with Crippen LogP contribution in [0.1, 0.15) is 37.6 Å². The average Bonchev–Trinajstić information content (AvgIpc) is 3.17. The standard InChI is InChI=1S/C22H18F6N4O3S2/c1-11-6-13(22(26,27)28)8-14(7-11)37(34,35)31-20-30-16-4-5-32(10-18(16)36-20)17-9-12(21(23,24)25)2-3-15(17)19(29)33/h2-3,6-9H,4-5,10H2,1H3,(H2,29,33)(H,30,31). The minimum Gasteiger partial charge on any atom is -0.366 e. The molecule has 15 heteroatoms. The molecule has 37 heavy (non-hydrogen) atoms. The van der Waals surface area contributed by atoms with E-state index in [0.717, 1.165) is 41.7 Å². The van der Waals surface area contributed by atoms with Crippen LogP contribution in [-0.4, -0.2) is 25.9 Å². The number of nitrogens with one attached hydrogen (secondary N) is 1. The van der Waals surface area contributed by atoms with Crippen LogP contribution in [0.4, 0.5) is 37.2 Å². The molecule has 4 rings (SSSR count). The van der Waals surface area contributed by atoms with E-state index >= 15 is 0 Å². The molecule has 3 N–H and O–H groups in total. The zero-order chi connectivity index (χ0) is 27.3. The number of hydrogen-bond donors (Lipinski definition) is 2. The summed E-state index contributed by atoms with van der Waals surface area (Å²) in [5, 5.41) is -0.110. The first-order chi connectivity index (χ1) is 17.0. The Hall–Kier alpha value is -3.33. The number of anilines is 2. The van der Waals surface area contributed by atoms with Gasteiger partial charge in [-0.3, -0.25) is 9.52 Å². The molecular formula is C22H18F6N4O3S2. The minimum atomic E-state index is -4.74. The maximum atomic E-state index is 13.3. The third kappa shape index (κ3) is 5.66. The molecule has 0 spiro atoms. The highest BCUT2D eigenvalue weighted by molar-refractivity contribution is 7.93. The van der Waals surface area contributed by atoms with Gasteiger partial charge in [0.2, 0.25) is 0 Å². The molecule has 1 amide bonds. The van der Waals surface area contributed by atoms with Crippen LogP contribution in [0.2, 0.25) is 0 Å². The predicted molar refractivity (Wildman–Crippen MR) is 124 cm³/mol. The van der Waals surface area contributed by atoms with Crippen molar-refractivity contribution >= 4 is 38.1 Å². The van der Waals surface area contributed by atoms with Crippen LogP contribution in [-0.2, 0) is 35.3 Å². The Balaban J connectivity index is 1.62. The number of sulfonamides is 1. The van der Waals surface area contributed by atoms with Gasteiger partial charge >= 0.3 is 12.4 Å². The topological polar surface area (TPSA) is 105 Å². The molecule has 0 aliphatic carbocycles. The second kappa shape index (κ2) is 9.20. The van der Waals surface area contributed by atoms with Crippen molar-refractivity contribution in [1.82, 2.24) is 4.98 Å². The fraction of sp³-hybridized carbons (Fsp3) is 0.273. The number of halogens is 6. The van der Waals surface area contributed by atoms with Gasteiger partial charge in [-0.1, -0.05) is 11.3 Å². The summed E-state index contributed by atoms with van der Waals surface area (Å²) in [6.07, 6.45) is -9.18. The highest BCUT2D eigenvalue weighted by Crippen LogP contribution is 2.37. The summed E-state index contributed by atoms with van der Waals surface area (Å²) in [7, 11) is -4.43. The lowest BCUT2D eigenvalue weighted by atomic mass is 10.0. The molecule has 0 unspecified atom stereocenters. The van der Waals surface area contributed by atoms with Crippen molar-refractivity contribution in [1.29, 1.82) is 0 Å². The number of amides is 1. The van der Waals surface area contributed by atoms with Crippen molar-refractivity contribution in [3.63, 3.8) is 0 Å². The number of aromatic nitrogens is 1. The summed E-state index contributed by atoms with van der Waals surface area (Å²) < 4.78 is 107. The Morgan fingerprint density at radius 2 is 1.73 bits per heavy atom. The van der Waals surface area contributed by atoms with Crippen LogP contribution in [0.5, 0.6) is 0 Å². The average molecular weight is 565 g/mol. The lowest BCUT2D eigenvalue weighted by Crippen LogP contribution is -2.32. The van der Waals surface area contributed by atoms with Crippen molar-refractivity contribution in [2.45, 2.75) is 37.1 Å². The van der Waals surface area contributed by atoms with E-state index in [-0.39, 0.29) is 41.5 Å². The van der Waals surface area contributed by atoms with Crippen LogP contribution < -0.4 is 15.4 Å². The van der Waals surface area contributed by atoms with Crippen molar-refractivity contribution < 1.29 is 39.6 Å². The van der Waals surface area contributed by atoms with Crippen LogP contribution in [0, 0.1) is 6.92 Å². The smallest absolute Gasteiger partial charge is 0.366 e. The molecule has 3 aromatic rings. The Morgan fingerprint density at radius 1 is 1.05 bits per heavy atom. The molecule has 0 saturated heterocycles. The van der Waals surface area contributed by atoms with Crippen LogP contribution in [0.25, 0.3) is 0 Å². The third-order valence-electron chi connectivity index (χ3n) is 5.57. The number of benzene rings is 2. The van der Waals surface area contributed by atoms with Crippen molar-refractivity contribution in [3.8, 4) is 0 Å². The molecule has 1 aliphatic heterocycles. The monoisotopic (exact) mass is 564 g/mol. The predicted octanol–water partition coefficient (Wildman–Crippen LogP) is 4.95. The fourth-order valence-corrected chi connectivity index (χ4v) is 6.25. The Morgan fingerprint density at radius 3 is 2.35 bits per heavy atom. The number of fused-ring (bicyclic) bond motifs is 1. The van der Waals surface area contributed by atoms with Crippen LogP contribution >= 0.6 is 11.3 Å². The molecule has 0 atom stereocenters. The van der Waals surface area contributed by atoms with Gasteiger partial charge in [0.05, 0.1) is 39.5 Å². The second-order valence-electron chi connectivity index (χ2n) is 8.29. The van der Waals surface area contributed by atoms with Crippen LogP contribution in [0.15, 0.2) is 41.3 Å². The van der Waals surface area contributed by atoms with Gasteiger partial charge in [0.15, 0.2) is 5.13 Å². The first-order valence-corrected chi connectivity index (χ1v) is 12.8. The number of carbonyl (C=O) groups excluding carboxylic acids is 1. The number of thiazole rings is 1. The molecule has 0 saturated carbocycles. The third-order valence-corrected chi connectivity index (χ3v) is 8.02. The minimum absolute atomic E-state index is 0.0129. The number of alkyl halides is 6. The Labute approximate surface area is 211 Å². The zero-order valence-electron chi connectivity index (χ0n) is 18.9. The summed E-state index contributed by atoms with van der Waals surface area (Å²) in [5.74, 6) is -0.913. The van der Waals surface area contributed by atoms with Crippen molar-refractivity contribution in [2.75, 3.05) is 16.2 Å². The van der Waals surface area contributed by atoms with Crippen LogP contribution in [0.3, 0.4) is 0 Å².